The van der Waals surface area contributed by atoms with E-state index in [1.165, 1.54) is 31.4 Å². The predicted octanol–water partition coefficient (Wildman–Crippen LogP) is 3.26. The van der Waals surface area contributed by atoms with Crippen LogP contribution < -0.4 is 5.32 Å². The van der Waals surface area contributed by atoms with E-state index in [1.54, 1.807) is 6.07 Å². The van der Waals surface area contributed by atoms with Crippen LogP contribution in [0, 0.1) is 27.8 Å². The molecule has 0 bridgehead atoms. The zero-order valence-electron chi connectivity index (χ0n) is 11.1. The summed E-state index contributed by atoms with van der Waals surface area (Å²) in [6.45, 7) is 3.45. The summed E-state index contributed by atoms with van der Waals surface area (Å²) in [5.41, 5.74) is -0.0889. The molecule has 104 valence electrons. The first-order valence-electron chi connectivity index (χ1n) is 6.70. The molecule has 1 saturated carbocycles. The topological polar surface area (TPSA) is 55.2 Å². The summed E-state index contributed by atoms with van der Waals surface area (Å²) in [6.07, 6.45) is 3.69. The van der Waals surface area contributed by atoms with Gasteiger partial charge in [0.1, 0.15) is 0 Å². The maximum absolute atomic E-state index is 13.8. The van der Waals surface area contributed by atoms with Crippen molar-refractivity contribution in [1.82, 2.24) is 5.32 Å². The van der Waals surface area contributed by atoms with Gasteiger partial charge in [-0.2, -0.15) is 4.39 Å². The molecule has 0 amide bonds. The van der Waals surface area contributed by atoms with Crippen molar-refractivity contribution in [2.75, 3.05) is 6.54 Å². The molecule has 1 fully saturated rings. The highest BCUT2D eigenvalue weighted by Crippen LogP contribution is 2.29. The molecule has 2 rings (SSSR count). The van der Waals surface area contributed by atoms with Crippen molar-refractivity contribution < 1.29 is 9.31 Å². The van der Waals surface area contributed by atoms with E-state index in [-0.39, 0.29) is 0 Å². The Hall–Kier alpha value is -1.49. The largest absolute Gasteiger partial charge is 0.312 e. The average Bonchev–Trinajstić information content (AvgIpc) is 2.77. The highest BCUT2D eigenvalue weighted by Gasteiger charge is 2.21. The van der Waals surface area contributed by atoms with Gasteiger partial charge in [-0.3, -0.25) is 10.1 Å². The number of halogens is 1. The molecule has 0 spiro atoms. The van der Waals surface area contributed by atoms with Crippen LogP contribution in [0.5, 0.6) is 0 Å². The highest BCUT2D eigenvalue weighted by molar-refractivity contribution is 5.36. The average molecular weight is 266 g/mol. The highest BCUT2D eigenvalue weighted by atomic mass is 19.1. The van der Waals surface area contributed by atoms with Crippen LogP contribution >= 0.6 is 0 Å². The van der Waals surface area contributed by atoms with E-state index in [1.807, 2.05) is 0 Å². The van der Waals surface area contributed by atoms with Gasteiger partial charge in [0.05, 0.1) is 4.92 Å². The Kier molecular flexibility index (Phi) is 4.47. The van der Waals surface area contributed by atoms with Gasteiger partial charge in [0, 0.05) is 18.2 Å². The molecule has 19 heavy (non-hydrogen) atoms. The minimum atomic E-state index is -0.722. The first kappa shape index (κ1) is 13.9. The number of benzene rings is 1. The third kappa shape index (κ3) is 3.50. The van der Waals surface area contributed by atoms with E-state index in [9.17, 15) is 14.5 Å². The first-order valence-corrected chi connectivity index (χ1v) is 6.70. The van der Waals surface area contributed by atoms with Crippen molar-refractivity contribution in [2.24, 2.45) is 11.8 Å². The molecule has 0 radical (unpaired) electrons. The molecule has 1 N–H and O–H groups in total. The summed E-state index contributed by atoms with van der Waals surface area (Å²) >= 11 is 0. The third-order valence-corrected chi connectivity index (χ3v) is 3.81. The van der Waals surface area contributed by atoms with Crippen molar-refractivity contribution in [1.29, 1.82) is 0 Å². The molecule has 2 unspecified atom stereocenters. The fourth-order valence-corrected chi connectivity index (χ4v) is 2.77. The molecule has 0 aromatic heterocycles. The summed E-state index contributed by atoms with van der Waals surface area (Å²) < 4.78 is 13.8. The summed E-state index contributed by atoms with van der Waals surface area (Å²) in [4.78, 5) is 9.96. The van der Waals surface area contributed by atoms with Gasteiger partial charge in [0.15, 0.2) is 0 Å². The molecule has 0 heterocycles. The predicted molar refractivity (Wildman–Crippen MR) is 71.3 cm³/mol. The minimum Gasteiger partial charge on any atom is -0.312 e. The monoisotopic (exact) mass is 266 g/mol. The first-order chi connectivity index (χ1) is 9.08. The number of rotatable bonds is 5. The number of hydrogen-bond donors (Lipinski definition) is 1. The van der Waals surface area contributed by atoms with Gasteiger partial charge in [-0.25, -0.2) is 0 Å². The molecule has 0 saturated heterocycles. The van der Waals surface area contributed by atoms with E-state index < -0.39 is 16.4 Å². The van der Waals surface area contributed by atoms with E-state index in [2.05, 4.69) is 12.2 Å². The summed E-state index contributed by atoms with van der Waals surface area (Å²) in [5, 5.41) is 13.8. The Morgan fingerprint density at radius 1 is 1.47 bits per heavy atom. The molecule has 5 heteroatoms. The molecular formula is C14H19FN2O2. The van der Waals surface area contributed by atoms with Crippen molar-refractivity contribution in [3.8, 4) is 0 Å². The second kappa shape index (κ2) is 6.10. The number of nitro benzene ring substituents is 1. The van der Waals surface area contributed by atoms with Crippen molar-refractivity contribution in [2.45, 2.75) is 32.7 Å². The number of nitrogens with one attached hydrogen (secondary N) is 1. The van der Waals surface area contributed by atoms with Gasteiger partial charge in [-0.15, -0.1) is 0 Å². The lowest BCUT2D eigenvalue weighted by Gasteiger charge is -2.11. The molecule has 2 atom stereocenters. The zero-order chi connectivity index (χ0) is 13.8. The van der Waals surface area contributed by atoms with E-state index in [0.29, 0.717) is 18.0 Å². The van der Waals surface area contributed by atoms with E-state index in [4.69, 9.17) is 0 Å². The fourth-order valence-electron chi connectivity index (χ4n) is 2.77. The molecule has 1 aromatic carbocycles. The van der Waals surface area contributed by atoms with Crippen LogP contribution in [0.4, 0.5) is 10.1 Å². The van der Waals surface area contributed by atoms with Crippen LogP contribution in [-0.2, 0) is 6.54 Å². The lowest BCUT2D eigenvalue weighted by Crippen LogP contribution is -2.21. The SMILES string of the molecule is CC1CCC(CNCc2cccc([N+](=O)[O-])c2F)C1. The standard InChI is InChI=1S/C14H19FN2O2/c1-10-5-6-11(7-10)8-16-9-12-3-2-4-13(14(12)15)17(18)19/h2-4,10-11,16H,5-9H2,1H3. The van der Waals surface area contributed by atoms with Crippen molar-refractivity contribution >= 4 is 5.69 Å². The summed E-state index contributed by atoms with van der Waals surface area (Å²) in [6, 6.07) is 4.31. The van der Waals surface area contributed by atoms with Crippen LogP contribution in [0.15, 0.2) is 18.2 Å². The van der Waals surface area contributed by atoms with Gasteiger partial charge in [-0.1, -0.05) is 25.5 Å². The Balaban J connectivity index is 1.89. The van der Waals surface area contributed by atoms with Gasteiger partial charge in [0.25, 0.3) is 0 Å². The fraction of sp³-hybridized carbons (Fsp3) is 0.571. The summed E-state index contributed by atoms with van der Waals surface area (Å²) in [7, 11) is 0. The van der Waals surface area contributed by atoms with Crippen LogP contribution in [0.1, 0.15) is 31.7 Å². The molecule has 0 aliphatic heterocycles. The van der Waals surface area contributed by atoms with E-state index in [0.717, 1.165) is 12.5 Å². The molecule has 1 aliphatic carbocycles. The third-order valence-electron chi connectivity index (χ3n) is 3.81. The lowest BCUT2D eigenvalue weighted by atomic mass is 10.1. The maximum atomic E-state index is 13.8. The Labute approximate surface area is 112 Å². The molecule has 4 nitrogen and oxygen atoms in total. The Morgan fingerprint density at radius 3 is 2.89 bits per heavy atom. The second-order valence-corrected chi connectivity index (χ2v) is 5.42. The normalized spacial score (nSPS) is 22.6. The zero-order valence-corrected chi connectivity index (χ0v) is 11.1. The molecule has 1 aliphatic rings. The lowest BCUT2D eigenvalue weighted by molar-refractivity contribution is -0.387. The van der Waals surface area contributed by atoms with Crippen LogP contribution in [0.2, 0.25) is 0 Å². The van der Waals surface area contributed by atoms with Crippen molar-refractivity contribution in [3.63, 3.8) is 0 Å². The van der Waals surface area contributed by atoms with Gasteiger partial charge >= 0.3 is 5.69 Å². The van der Waals surface area contributed by atoms with E-state index >= 15 is 0 Å². The van der Waals surface area contributed by atoms with Gasteiger partial charge in [-0.05, 0) is 31.2 Å². The maximum Gasteiger partial charge on any atom is 0.305 e. The molecular weight excluding hydrogens is 247 g/mol. The Morgan fingerprint density at radius 2 is 2.26 bits per heavy atom. The second-order valence-electron chi connectivity index (χ2n) is 5.42. The van der Waals surface area contributed by atoms with Crippen LogP contribution in [0.3, 0.4) is 0 Å². The van der Waals surface area contributed by atoms with Crippen molar-refractivity contribution in [3.05, 3.63) is 39.7 Å². The smallest absolute Gasteiger partial charge is 0.305 e. The van der Waals surface area contributed by atoms with Gasteiger partial charge < -0.3 is 5.32 Å². The quantitative estimate of drug-likeness (QED) is 0.657. The number of hydrogen-bond acceptors (Lipinski definition) is 3. The number of nitrogens with zero attached hydrogens (tertiary/aromatic N) is 1. The van der Waals surface area contributed by atoms with Gasteiger partial charge in [0.2, 0.25) is 5.82 Å². The Bertz CT molecular complexity index is 465. The van der Waals surface area contributed by atoms with Crippen LogP contribution in [-0.4, -0.2) is 11.5 Å². The summed E-state index contributed by atoms with van der Waals surface area (Å²) in [5.74, 6) is 0.706. The minimum absolute atomic E-state index is 0.346. The number of nitro groups is 1. The van der Waals surface area contributed by atoms with Crippen LogP contribution in [0.25, 0.3) is 0 Å². The molecule has 1 aromatic rings.